The van der Waals surface area contributed by atoms with E-state index >= 15 is 0 Å². The first-order valence-corrected chi connectivity index (χ1v) is 10.1. The number of carbonyl (C=O) groups excluding carboxylic acids is 1. The molecule has 0 bridgehead atoms. The Bertz CT molecular complexity index is 896. The van der Waals surface area contributed by atoms with E-state index in [1.165, 1.54) is 31.9 Å². The fraction of sp³-hybridized carbons (Fsp3) is 0.435. The van der Waals surface area contributed by atoms with E-state index in [0.717, 1.165) is 12.0 Å². The molecular weight excluding hydrogens is 400 g/mol. The molecule has 0 aliphatic rings. The molecule has 2 aromatic rings. The Hall–Kier alpha value is -3.13. The van der Waals surface area contributed by atoms with Gasteiger partial charge in [0.15, 0.2) is 11.5 Å². The summed E-state index contributed by atoms with van der Waals surface area (Å²) >= 11 is 0. The van der Waals surface area contributed by atoms with Gasteiger partial charge in [0, 0.05) is 13.2 Å². The molecule has 2 rings (SSSR count). The maximum atomic E-state index is 12.9. The second-order valence-electron chi connectivity index (χ2n) is 7.65. The summed E-state index contributed by atoms with van der Waals surface area (Å²) in [5.41, 5.74) is 1.69. The molecule has 168 valence electrons. The molecule has 1 atom stereocenters. The number of ether oxygens (including phenoxy) is 3. The van der Waals surface area contributed by atoms with Crippen LogP contribution in [0.1, 0.15) is 48.3 Å². The van der Waals surface area contributed by atoms with Crippen LogP contribution in [0.15, 0.2) is 36.4 Å². The van der Waals surface area contributed by atoms with Gasteiger partial charge >= 0.3 is 0 Å². The average molecular weight is 431 g/mol. The van der Waals surface area contributed by atoms with Crippen LogP contribution in [0, 0.1) is 16.0 Å². The Morgan fingerprint density at radius 3 is 2.29 bits per heavy atom. The number of nitrogens with zero attached hydrogens (tertiary/aromatic N) is 1. The number of amides is 1. The summed E-state index contributed by atoms with van der Waals surface area (Å²) in [4.78, 5) is 23.9. The lowest BCUT2D eigenvalue weighted by Gasteiger charge is -2.17. The Kier molecular flexibility index (Phi) is 8.81. The van der Waals surface area contributed by atoms with Crippen molar-refractivity contribution in [3.63, 3.8) is 0 Å². The number of benzene rings is 2. The highest BCUT2D eigenvalue weighted by molar-refractivity contribution is 5.99. The number of nitro groups is 1. The molecule has 0 saturated carbocycles. The summed E-state index contributed by atoms with van der Waals surface area (Å²) in [6, 6.07) is 10.2. The van der Waals surface area contributed by atoms with E-state index in [0.29, 0.717) is 12.5 Å². The molecule has 2 aromatic carbocycles. The quantitative estimate of drug-likeness (QED) is 0.324. The maximum absolute atomic E-state index is 12.9. The van der Waals surface area contributed by atoms with Crippen LogP contribution in [0.25, 0.3) is 0 Å². The SMILES string of the molecule is COCCOc1cc([N+](=O)[O-])c(C(=O)N[C@@H](C)c2ccc(CC(C)C)cc2)cc1OC. The molecule has 0 aliphatic heterocycles. The van der Waals surface area contributed by atoms with Gasteiger partial charge < -0.3 is 19.5 Å². The van der Waals surface area contributed by atoms with E-state index in [4.69, 9.17) is 14.2 Å². The van der Waals surface area contributed by atoms with E-state index in [2.05, 4.69) is 19.2 Å². The van der Waals surface area contributed by atoms with Crippen molar-refractivity contribution in [3.8, 4) is 11.5 Å². The maximum Gasteiger partial charge on any atom is 0.286 e. The number of hydrogen-bond acceptors (Lipinski definition) is 6. The van der Waals surface area contributed by atoms with E-state index in [1.54, 1.807) is 0 Å². The van der Waals surface area contributed by atoms with Crippen molar-refractivity contribution in [2.45, 2.75) is 33.2 Å². The highest BCUT2D eigenvalue weighted by atomic mass is 16.6. The van der Waals surface area contributed by atoms with Crippen molar-refractivity contribution in [2.75, 3.05) is 27.4 Å². The Labute approximate surface area is 182 Å². The topological polar surface area (TPSA) is 99.9 Å². The van der Waals surface area contributed by atoms with Gasteiger partial charge in [-0.2, -0.15) is 0 Å². The Morgan fingerprint density at radius 1 is 1.06 bits per heavy atom. The first-order valence-electron chi connectivity index (χ1n) is 10.1. The first kappa shape index (κ1) is 24.1. The number of carbonyl (C=O) groups is 1. The second-order valence-corrected chi connectivity index (χ2v) is 7.65. The van der Waals surface area contributed by atoms with Crippen LogP contribution in [-0.4, -0.2) is 38.3 Å². The largest absolute Gasteiger partial charge is 0.493 e. The molecular formula is C23H30N2O6. The van der Waals surface area contributed by atoms with Crippen LogP contribution in [-0.2, 0) is 11.2 Å². The van der Waals surface area contributed by atoms with Crippen molar-refractivity contribution in [3.05, 3.63) is 63.2 Å². The molecule has 1 N–H and O–H groups in total. The van der Waals surface area contributed by atoms with E-state index in [9.17, 15) is 14.9 Å². The van der Waals surface area contributed by atoms with Gasteiger partial charge in [0.1, 0.15) is 12.2 Å². The number of nitro benzene ring substituents is 1. The number of nitrogens with one attached hydrogen (secondary N) is 1. The molecule has 0 aromatic heterocycles. The normalized spacial score (nSPS) is 11.8. The number of hydrogen-bond donors (Lipinski definition) is 1. The van der Waals surface area contributed by atoms with Crippen molar-refractivity contribution in [2.24, 2.45) is 5.92 Å². The summed E-state index contributed by atoms with van der Waals surface area (Å²) in [6.07, 6.45) is 0.978. The van der Waals surface area contributed by atoms with Crippen LogP contribution in [0.2, 0.25) is 0 Å². The third-order valence-electron chi connectivity index (χ3n) is 4.74. The van der Waals surface area contributed by atoms with E-state index in [-0.39, 0.29) is 35.4 Å². The molecule has 8 nitrogen and oxygen atoms in total. The van der Waals surface area contributed by atoms with Gasteiger partial charge in [-0.3, -0.25) is 14.9 Å². The number of rotatable bonds is 11. The lowest BCUT2D eigenvalue weighted by Crippen LogP contribution is -2.27. The highest BCUT2D eigenvalue weighted by Crippen LogP contribution is 2.35. The lowest BCUT2D eigenvalue weighted by atomic mass is 9.99. The standard InChI is InChI=1S/C23H30N2O6/c1-15(2)12-17-6-8-18(9-7-17)16(3)24-23(26)19-13-21(30-5)22(31-11-10-29-4)14-20(19)25(27)28/h6-9,13-16H,10-12H2,1-5H3,(H,24,26)/t16-/m0/s1. The summed E-state index contributed by atoms with van der Waals surface area (Å²) in [6.45, 7) is 6.66. The summed E-state index contributed by atoms with van der Waals surface area (Å²) in [5.74, 6) is 0.404. The molecule has 8 heteroatoms. The van der Waals surface area contributed by atoms with E-state index < -0.39 is 10.8 Å². The van der Waals surface area contributed by atoms with Crippen LogP contribution in [0.3, 0.4) is 0 Å². The third-order valence-corrected chi connectivity index (χ3v) is 4.74. The molecule has 1 amide bonds. The Balaban J connectivity index is 2.23. The molecule has 0 heterocycles. The molecule has 0 radical (unpaired) electrons. The van der Waals surface area contributed by atoms with Gasteiger partial charge in [-0.25, -0.2) is 0 Å². The average Bonchev–Trinajstić information content (AvgIpc) is 2.73. The van der Waals surface area contributed by atoms with Crippen LogP contribution < -0.4 is 14.8 Å². The van der Waals surface area contributed by atoms with E-state index in [1.807, 2.05) is 31.2 Å². The fourth-order valence-electron chi connectivity index (χ4n) is 3.16. The van der Waals surface area contributed by atoms with Crippen molar-refractivity contribution < 1.29 is 23.9 Å². The minimum absolute atomic E-state index is 0.0933. The molecule has 0 saturated heterocycles. The zero-order valence-electron chi connectivity index (χ0n) is 18.6. The minimum atomic E-state index is -0.608. The van der Waals surface area contributed by atoms with Gasteiger partial charge in [-0.1, -0.05) is 38.1 Å². The monoisotopic (exact) mass is 430 g/mol. The Morgan fingerprint density at radius 2 is 1.74 bits per heavy atom. The predicted octanol–water partition coefficient (Wildman–Crippen LogP) is 4.32. The smallest absolute Gasteiger partial charge is 0.286 e. The fourth-order valence-corrected chi connectivity index (χ4v) is 3.16. The van der Waals surface area contributed by atoms with Gasteiger partial charge in [-0.05, 0) is 30.4 Å². The van der Waals surface area contributed by atoms with Crippen LogP contribution >= 0.6 is 0 Å². The zero-order chi connectivity index (χ0) is 23.0. The molecule has 31 heavy (non-hydrogen) atoms. The van der Waals surface area contributed by atoms with Gasteiger partial charge in [0.2, 0.25) is 0 Å². The third kappa shape index (κ3) is 6.68. The van der Waals surface area contributed by atoms with Gasteiger partial charge in [-0.15, -0.1) is 0 Å². The lowest BCUT2D eigenvalue weighted by molar-refractivity contribution is -0.385. The molecule has 0 fully saturated rings. The predicted molar refractivity (Wildman–Crippen MR) is 118 cm³/mol. The molecule has 0 aliphatic carbocycles. The van der Waals surface area contributed by atoms with Gasteiger partial charge in [0.05, 0.1) is 30.7 Å². The molecule has 0 unspecified atom stereocenters. The molecule has 0 spiro atoms. The highest BCUT2D eigenvalue weighted by Gasteiger charge is 2.26. The van der Waals surface area contributed by atoms with Crippen LogP contribution in [0.5, 0.6) is 11.5 Å². The van der Waals surface area contributed by atoms with Gasteiger partial charge in [0.25, 0.3) is 11.6 Å². The van der Waals surface area contributed by atoms with Crippen molar-refractivity contribution >= 4 is 11.6 Å². The minimum Gasteiger partial charge on any atom is -0.493 e. The summed E-state index contributed by atoms with van der Waals surface area (Å²) < 4.78 is 15.7. The number of methoxy groups -OCH3 is 2. The van der Waals surface area contributed by atoms with Crippen LogP contribution in [0.4, 0.5) is 5.69 Å². The van der Waals surface area contributed by atoms with Crippen molar-refractivity contribution in [1.82, 2.24) is 5.32 Å². The van der Waals surface area contributed by atoms with Crippen molar-refractivity contribution in [1.29, 1.82) is 0 Å². The zero-order valence-corrected chi connectivity index (χ0v) is 18.6. The second kappa shape index (κ2) is 11.3. The summed E-state index contributed by atoms with van der Waals surface area (Å²) in [7, 11) is 2.93. The summed E-state index contributed by atoms with van der Waals surface area (Å²) in [5, 5.41) is 14.4. The first-order chi connectivity index (χ1) is 14.8.